The molecule has 0 saturated carbocycles. The lowest BCUT2D eigenvalue weighted by molar-refractivity contribution is 0.243. The fourth-order valence-electron chi connectivity index (χ4n) is 2.20. The van der Waals surface area contributed by atoms with E-state index in [4.69, 9.17) is 0 Å². The van der Waals surface area contributed by atoms with Crippen molar-refractivity contribution in [3.8, 4) is 0 Å². The second kappa shape index (κ2) is 3.41. The van der Waals surface area contributed by atoms with Crippen LogP contribution in [-0.4, -0.2) is 17.2 Å². The molecule has 3 N–H and O–H groups in total. The van der Waals surface area contributed by atoms with Crippen LogP contribution in [-0.2, 0) is 0 Å². The fraction of sp³-hybridized carbons (Fsp3) is 0.250. The Hall–Kier alpha value is -2.17. The van der Waals surface area contributed by atoms with E-state index in [0.717, 1.165) is 22.7 Å². The predicted octanol–water partition coefficient (Wildman–Crippen LogP) is 1.57. The van der Waals surface area contributed by atoms with Crippen molar-refractivity contribution in [3.05, 3.63) is 41.5 Å². The van der Waals surface area contributed by atoms with Crippen molar-refractivity contribution >= 4 is 11.7 Å². The summed E-state index contributed by atoms with van der Waals surface area (Å²) >= 11 is 0. The van der Waals surface area contributed by atoms with Crippen molar-refractivity contribution in [2.24, 2.45) is 0 Å². The third-order valence-electron chi connectivity index (χ3n) is 3.04. The van der Waals surface area contributed by atoms with Gasteiger partial charge in [0.05, 0.1) is 5.69 Å². The van der Waals surface area contributed by atoms with Gasteiger partial charge in [-0.05, 0) is 26.0 Å². The Kier molecular flexibility index (Phi) is 2.01. The molecule has 17 heavy (non-hydrogen) atoms. The molecule has 5 nitrogen and oxygen atoms in total. The van der Waals surface area contributed by atoms with Crippen LogP contribution in [0.1, 0.15) is 12.6 Å². The summed E-state index contributed by atoms with van der Waals surface area (Å²) in [5, 5.41) is 6.11. The standard InChI is InChI=1S/C12H14N4O/c1-7-5-9-6-16(10-3-4-13-8(10)2)12(17)15-11(9)14-7/h3-6,11,13-14H,1-2H3,(H,15,17). The highest BCUT2D eigenvalue weighted by atomic mass is 16.2. The number of aromatic nitrogens is 1. The summed E-state index contributed by atoms with van der Waals surface area (Å²) in [7, 11) is 0. The maximum absolute atomic E-state index is 12.0. The molecule has 0 radical (unpaired) electrons. The molecule has 1 aromatic rings. The first kappa shape index (κ1) is 10.0. The summed E-state index contributed by atoms with van der Waals surface area (Å²) in [6, 6.07) is 1.78. The van der Waals surface area contributed by atoms with Crippen LogP contribution >= 0.6 is 0 Å². The van der Waals surface area contributed by atoms with Crippen LogP contribution in [0.2, 0.25) is 0 Å². The van der Waals surface area contributed by atoms with Gasteiger partial charge in [-0.3, -0.25) is 4.90 Å². The Morgan fingerprint density at radius 1 is 1.29 bits per heavy atom. The third-order valence-corrected chi connectivity index (χ3v) is 3.04. The molecule has 0 saturated heterocycles. The molecule has 3 rings (SSSR count). The highest BCUT2D eigenvalue weighted by molar-refractivity contribution is 5.96. The largest absolute Gasteiger partial charge is 0.365 e. The van der Waals surface area contributed by atoms with Gasteiger partial charge in [0.15, 0.2) is 0 Å². The number of H-pyrrole nitrogens is 1. The number of nitrogens with zero attached hydrogens (tertiary/aromatic N) is 1. The molecule has 0 bridgehead atoms. The van der Waals surface area contributed by atoms with Gasteiger partial charge in [-0.2, -0.15) is 0 Å². The average Bonchev–Trinajstić information content (AvgIpc) is 2.82. The maximum Gasteiger partial charge on any atom is 0.327 e. The van der Waals surface area contributed by atoms with Crippen LogP contribution in [0, 0.1) is 6.92 Å². The molecule has 2 amide bonds. The molecule has 5 heteroatoms. The Balaban J connectivity index is 2.01. The van der Waals surface area contributed by atoms with E-state index in [0.29, 0.717) is 0 Å². The second-order valence-electron chi connectivity index (χ2n) is 4.34. The number of aromatic amines is 1. The molecule has 2 aliphatic rings. The Morgan fingerprint density at radius 2 is 2.12 bits per heavy atom. The zero-order chi connectivity index (χ0) is 12.0. The summed E-state index contributed by atoms with van der Waals surface area (Å²) in [6.07, 6.45) is 5.66. The van der Waals surface area contributed by atoms with E-state index in [-0.39, 0.29) is 12.2 Å². The van der Waals surface area contributed by atoms with E-state index < -0.39 is 0 Å². The first-order chi connectivity index (χ1) is 8.15. The molecule has 1 atom stereocenters. The van der Waals surface area contributed by atoms with Gasteiger partial charge in [-0.15, -0.1) is 0 Å². The summed E-state index contributed by atoms with van der Waals surface area (Å²) in [4.78, 5) is 16.7. The summed E-state index contributed by atoms with van der Waals surface area (Å²) < 4.78 is 0. The number of urea groups is 1. The second-order valence-corrected chi connectivity index (χ2v) is 4.34. The van der Waals surface area contributed by atoms with Crippen molar-refractivity contribution in [3.63, 3.8) is 0 Å². The highest BCUT2D eigenvalue weighted by Crippen LogP contribution is 2.25. The van der Waals surface area contributed by atoms with Crippen molar-refractivity contribution < 1.29 is 4.79 Å². The lowest BCUT2D eigenvalue weighted by atomic mass is 10.2. The van der Waals surface area contributed by atoms with Crippen LogP contribution in [0.25, 0.3) is 0 Å². The van der Waals surface area contributed by atoms with Gasteiger partial charge in [0.2, 0.25) is 0 Å². The smallest absolute Gasteiger partial charge is 0.327 e. The number of carbonyl (C=O) groups excluding carboxylic acids is 1. The summed E-state index contributed by atoms with van der Waals surface area (Å²) in [5.74, 6) is 0. The number of hydrogen-bond donors (Lipinski definition) is 3. The Labute approximate surface area is 99.2 Å². The predicted molar refractivity (Wildman–Crippen MR) is 65.3 cm³/mol. The zero-order valence-corrected chi connectivity index (χ0v) is 9.74. The number of amides is 2. The van der Waals surface area contributed by atoms with E-state index in [1.807, 2.05) is 38.4 Å². The number of allylic oxidation sites excluding steroid dienone is 1. The van der Waals surface area contributed by atoms with Crippen LogP contribution < -0.4 is 15.5 Å². The normalized spacial score (nSPS) is 22.6. The quantitative estimate of drug-likeness (QED) is 0.685. The van der Waals surface area contributed by atoms with E-state index in [1.54, 1.807) is 4.90 Å². The van der Waals surface area contributed by atoms with Crippen LogP contribution in [0.3, 0.4) is 0 Å². The van der Waals surface area contributed by atoms with Gasteiger partial charge < -0.3 is 15.6 Å². The van der Waals surface area contributed by atoms with Gasteiger partial charge in [-0.1, -0.05) is 0 Å². The van der Waals surface area contributed by atoms with Gasteiger partial charge >= 0.3 is 6.03 Å². The number of aryl methyl sites for hydroxylation is 1. The van der Waals surface area contributed by atoms with Gasteiger partial charge in [0, 0.05) is 29.4 Å². The Bertz CT molecular complexity index is 540. The highest BCUT2D eigenvalue weighted by Gasteiger charge is 2.30. The molecule has 3 heterocycles. The minimum Gasteiger partial charge on any atom is -0.365 e. The minimum absolute atomic E-state index is 0.0852. The molecule has 2 aliphatic heterocycles. The molecule has 88 valence electrons. The Morgan fingerprint density at radius 3 is 2.82 bits per heavy atom. The van der Waals surface area contributed by atoms with Crippen LogP contribution in [0.5, 0.6) is 0 Å². The van der Waals surface area contributed by atoms with Crippen LogP contribution in [0.4, 0.5) is 10.5 Å². The van der Waals surface area contributed by atoms with E-state index >= 15 is 0 Å². The van der Waals surface area contributed by atoms with E-state index in [2.05, 4.69) is 15.6 Å². The topological polar surface area (TPSA) is 60.2 Å². The monoisotopic (exact) mass is 230 g/mol. The third kappa shape index (κ3) is 1.51. The maximum atomic E-state index is 12.0. The molecule has 0 spiro atoms. The number of hydrogen-bond acceptors (Lipinski definition) is 2. The lowest BCUT2D eigenvalue weighted by Gasteiger charge is -2.28. The molecular weight excluding hydrogens is 216 g/mol. The summed E-state index contributed by atoms with van der Waals surface area (Å²) in [5.41, 5.74) is 3.99. The van der Waals surface area contributed by atoms with Crippen molar-refractivity contribution in [1.82, 2.24) is 15.6 Å². The summed E-state index contributed by atoms with van der Waals surface area (Å²) in [6.45, 7) is 3.93. The molecule has 0 aliphatic carbocycles. The van der Waals surface area contributed by atoms with Gasteiger partial charge in [-0.25, -0.2) is 4.79 Å². The molecule has 0 fully saturated rings. The number of fused-ring (bicyclic) bond motifs is 1. The number of rotatable bonds is 1. The van der Waals surface area contributed by atoms with Gasteiger partial charge in [0.25, 0.3) is 0 Å². The number of carbonyl (C=O) groups is 1. The van der Waals surface area contributed by atoms with Crippen molar-refractivity contribution in [2.75, 3.05) is 4.90 Å². The SMILES string of the molecule is CC1=CC2=CN(c3cc[nH]c3C)C(=O)NC2N1. The van der Waals surface area contributed by atoms with E-state index in [9.17, 15) is 4.79 Å². The fourth-order valence-corrected chi connectivity index (χ4v) is 2.20. The van der Waals surface area contributed by atoms with Crippen LogP contribution in [0.15, 0.2) is 35.8 Å². The minimum atomic E-state index is -0.114. The van der Waals surface area contributed by atoms with Gasteiger partial charge in [0.1, 0.15) is 6.17 Å². The first-order valence-corrected chi connectivity index (χ1v) is 5.55. The zero-order valence-electron chi connectivity index (χ0n) is 9.74. The number of nitrogens with one attached hydrogen (secondary N) is 3. The van der Waals surface area contributed by atoms with E-state index in [1.165, 1.54) is 0 Å². The molecule has 1 aromatic heterocycles. The lowest BCUT2D eigenvalue weighted by Crippen LogP contribution is -2.51. The molecular formula is C12H14N4O. The first-order valence-electron chi connectivity index (χ1n) is 5.55. The number of anilines is 1. The molecule has 1 unspecified atom stereocenters. The molecule has 0 aromatic carbocycles. The van der Waals surface area contributed by atoms with Crippen molar-refractivity contribution in [2.45, 2.75) is 20.0 Å². The van der Waals surface area contributed by atoms with Crippen molar-refractivity contribution in [1.29, 1.82) is 0 Å². The average molecular weight is 230 g/mol.